The number of carbonyl (C=O) groups is 1. The van der Waals surface area contributed by atoms with Gasteiger partial charge in [-0.15, -0.1) is 0 Å². The lowest BCUT2D eigenvalue weighted by Crippen LogP contribution is -2.50. The van der Waals surface area contributed by atoms with E-state index in [1.165, 1.54) is 18.2 Å². The average molecular weight is 333 g/mol. The maximum atomic E-state index is 14.7. The molecular formula is C15H16FN5O3. The van der Waals surface area contributed by atoms with E-state index in [1.54, 1.807) is 12.3 Å². The van der Waals surface area contributed by atoms with E-state index in [0.29, 0.717) is 24.2 Å². The Balaban J connectivity index is 1.91. The first-order valence-corrected chi connectivity index (χ1v) is 7.49. The molecule has 24 heavy (non-hydrogen) atoms. The summed E-state index contributed by atoms with van der Waals surface area (Å²) >= 11 is 0. The van der Waals surface area contributed by atoms with Crippen LogP contribution in [0.5, 0.6) is 0 Å². The van der Waals surface area contributed by atoms with Crippen molar-refractivity contribution in [2.75, 3.05) is 18.4 Å². The van der Waals surface area contributed by atoms with E-state index in [4.69, 9.17) is 0 Å². The highest BCUT2D eigenvalue weighted by atomic mass is 19.1. The SMILES string of the molecule is O=C(Nc1cc(-c2ccn[nH]2)ccc1[N+](=O)[O-])C1(F)CCCNC1. The van der Waals surface area contributed by atoms with Crippen molar-refractivity contribution < 1.29 is 14.1 Å². The Morgan fingerprint density at radius 3 is 2.88 bits per heavy atom. The summed E-state index contributed by atoms with van der Waals surface area (Å²) in [5.74, 6) is -0.875. The van der Waals surface area contributed by atoms with Gasteiger partial charge >= 0.3 is 0 Å². The molecule has 1 saturated heterocycles. The Hall–Kier alpha value is -2.81. The Labute approximate surface area is 136 Å². The molecule has 3 rings (SSSR count). The maximum Gasteiger partial charge on any atom is 0.292 e. The molecule has 1 aromatic heterocycles. The quantitative estimate of drug-likeness (QED) is 0.585. The summed E-state index contributed by atoms with van der Waals surface area (Å²) in [5, 5.41) is 22.9. The Morgan fingerprint density at radius 2 is 2.25 bits per heavy atom. The molecule has 9 heteroatoms. The summed E-state index contributed by atoms with van der Waals surface area (Å²) in [4.78, 5) is 22.9. The number of H-pyrrole nitrogens is 1. The van der Waals surface area contributed by atoms with Gasteiger partial charge in [-0.1, -0.05) is 0 Å². The third-order valence-corrected chi connectivity index (χ3v) is 3.99. The van der Waals surface area contributed by atoms with E-state index >= 15 is 0 Å². The Bertz CT molecular complexity index is 756. The van der Waals surface area contributed by atoms with E-state index in [-0.39, 0.29) is 24.3 Å². The highest BCUT2D eigenvalue weighted by Crippen LogP contribution is 2.31. The van der Waals surface area contributed by atoms with Gasteiger partial charge in [0.25, 0.3) is 11.6 Å². The summed E-state index contributed by atoms with van der Waals surface area (Å²) in [7, 11) is 0. The van der Waals surface area contributed by atoms with Crippen molar-refractivity contribution in [3.8, 4) is 11.3 Å². The molecule has 0 saturated carbocycles. The maximum absolute atomic E-state index is 14.7. The average Bonchev–Trinajstić information content (AvgIpc) is 3.09. The van der Waals surface area contributed by atoms with Gasteiger partial charge in [0.2, 0.25) is 5.67 Å². The van der Waals surface area contributed by atoms with Gasteiger partial charge in [0, 0.05) is 24.4 Å². The smallest absolute Gasteiger partial charge is 0.292 e. The van der Waals surface area contributed by atoms with Crippen molar-refractivity contribution in [1.82, 2.24) is 15.5 Å². The first-order chi connectivity index (χ1) is 11.5. The van der Waals surface area contributed by atoms with Crippen molar-refractivity contribution >= 4 is 17.3 Å². The second-order valence-electron chi connectivity index (χ2n) is 5.66. The van der Waals surface area contributed by atoms with E-state index in [9.17, 15) is 19.3 Å². The molecule has 1 atom stereocenters. The lowest BCUT2D eigenvalue weighted by Gasteiger charge is -2.28. The number of nitrogens with zero attached hydrogens (tertiary/aromatic N) is 2. The molecule has 0 spiro atoms. The molecule has 2 aromatic rings. The molecule has 2 heterocycles. The Kier molecular flexibility index (Phi) is 4.26. The summed E-state index contributed by atoms with van der Waals surface area (Å²) in [5.41, 5.74) is -1.17. The minimum absolute atomic E-state index is 0.0419. The standard InChI is InChI=1S/C15H16FN5O3/c16-15(5-1-6-17-9-15)14(22)19-12-8-10(11-4-7-18-20-11)2-3-13(12)21(23)24/h2-4,7-8,17H,1,5-6,9H2,(H,18,20)(H,19,22). The summed E-state index contributed by atoms with van der Waals surface area (Å²) in [6.45, 7) is 0.543. The number of nitrogens with one attached hydrogen (secondary N) is 3. The Morgan fingerprint density at radius 1 is 1.42 bits per heavy atom. The zero-order valence-corrected chi connectivity index (χ0v) is 12.7. The van der Waals surface area contributed by atoms with Crippen LogP contribution in [0.1, 0.15) is 12.8 Å². The van der Waals surface area contributed by atoms with Crippen LogP contribution < -0.4 is 10.6 Å². The molecule has 1 unspecified atom stereocenters. The molecule has 0 radical (unpaired) electrons. The molecule has 3 N–H and O–H groups in total. The van der Waals surface area contributed by atoms with Gasteiger partial charge in [0.15, 0.2) is 0 Å². The van der Waals surface area contributed by atoms with E-state index in [2.05, 4.69) is 20.8 Å². The van der Waals surface area contributed by atoms with Gasteiger partial charge in [0.05, 0.1) is 10.6 Å². The van der Waals surface area contributed by atoms with Crippen molar-refractivity contribution in [3.05, 3.63) is 40.6 Å². The number of benzene rings is 1. The van der Waals surface area contributed by atoms with Crippen molar-refractivity contribution in [1.29, 1.82) is 0 Å². The predicted molar refractivity (Wildman–Crippen MR) is 85.3 cm³/mol. The second kappa shape index (κ2) is 6.36. The van der Waals surface area contributed by atoms with Crippen molar-refractivity contribution in [2.24, 2.45) is 0 Å². The number of hydrogen-bond donors (Lipinski definition) is 3. The van der Waals surface area contributed by atoms with Crippen molar-refractivity contribution in [3.63, 3.8) is 0 Å². The second-order valence-corrected chi connectivity index (χ2v) is 5.66. The summed E-state index contributed by atoms with van der Waals surface area (Å²) in [6.07, 6.45) is 2.15. The number of carbonyl (C=O) groups excluding carboxylic acids is 1. The molecule has 0 aliphatic carbocycles. The van der Waals surface area contributed by atoms with Gasteiger partial charge in [0.1, 0.15) is 5.69 Å². The number of nitro benzene ring substituents is 1. The largest absolute Gasteiger partial charge is 0.318 e. The fraction of sp³-hybridized carbons (Fsp3) is 0.333. The number of anilines is 1. The van der Waals surface area contributed by atoms with Gasteiger partial charge in [-0.05, 0) is 37.6 Å². The van der Waals surface area contributed by atoms with Crippen LogP contribution in [0.2, 0.25) is 0 Å². The minimum Gasteiger partial charge on any atom is -0.318 e. The summed E-state index contributed by atoms with van der Waals surface area (Å²) < 4.78 is 14.7. The van der Waals surface area contributed by atoms with E-state index in [1.807, 2.05) is 0 Å². The van der Waals surface area contributed by atoms with E-state index in [0.717, 1.165) is 0 Å². The highest BCUT2D eigenvalue weighted by molar-refractivity contribution is 5.99. The first-order valence-electron chi connectivity index (χ1n) is 7.49. The molecule has 8 nitrogen and oxygen atoms in total. The third-order valence-electron chi connectivity index (χ3n) is 3.99. The number of aromatic nitrogens is 2. The summed E-state index contributed by atoms with van der Waals surface area (Å²) in [6, 6.07) is 5.93. The molecule has 1 aliphatic heterocycles. The minimum atomic E-state index is -2.07. The number of amides is 1. The van der Waals surface area contributed by atoms with E-state index < -0.39 is 16.5 Å². The van der Waals surface area contributed by atoms with Gasteiger partial charge in [-0.3, -0.25) is 20.0 Å². The number of hydrogen-bond acceptors (Lipinski definition) is 5. The zero-order valence-electron chi connectivity index (χ0n) is 12.7. The number of rotatable bonds is 4. The molecule has 1 amide bonds. The van der Waals surface area contributed by atoms with Crippen LogP contribution in [-0.2, 0) is 4.79 Å². The lowest BCUT2D eigenvalue weighted by molar-refractivity contribution is -0.383. The number of halogens is 1. The molecular weight excluding hydrogens is 317 g/mol. The topological polar surface area (TPSA) is 113 Å². The fourth-order valence-electron chi connectivity index (χ4n) is 2.68. The van der Waals surface area contributed by atoms with Crippen LogP contribution in [0.25, 0.3) is 11.3 Å². The molecule has 0 bridgehead atoms. The molecule has 1 aliphatic rings. The van der Waals surface area contributed by atoms with Crippen LogP contribution in [-0.4, -0.2) is 39.8 Å². The number of alkyl halides is 1. The fourth-order valence-corrected chi connectivity index (χ4v) is 2.68. The predicted octanol–water partition coefficient (Wildman–Crippen LogP) is 2.02. The molecule has 1 fully saturated rings. The normalized spacial score (nSPS) is 20.5. The number of piperidine rings is 1. The van der Waals surface area contributed by atoms with Crippen LogP contribution in [0, 0.1) is 10.1 Å². The number of aromatic amines is 1. The first kappa shape index (κ1) is 16.1. The van der Waals surface area contributed by atoms with Gasteiger partial charge in [-0.2, -0.15) is 5.10 Å². The van der Waals surface area contributed by atoms with Crippen LogP contribution in [0.15, 0.2) is 30.5 Å². The van der Waals surface area contributed by atoms with Crippen LogP contribution in [0.3, 0.4) is 0 Å². The number of nitro groups is 1. The molecule has 1 aromatic carbocycles. The third kappa shape index (κ3) is 3.11. The zero-order chi connectivity index (χ0) is 17.2. The van der Waals surface area contributed by atoms with Crippen LogP contribution >= 0.6 is 0 Å². The van der Waals surface area contributed by atoms with Crippen molar-refractivity contribution in [2.45, 2.75) is 18.5 Å². The lowest BCUT2D eigenvalue weighted by atomic mass is 9.95. The monoisotopic (exact) mass is 333 g/mol. The van der Waals surface area contributed by atoms with Gasteiger partial charge < -0.3 is 10.6 Å². The highest BCUT2D eigenvalue weighted by Gasteiger charge is 2.40. The van der Waals surface area contributed by atoms with Gasteiger partial charge in [-0.25, -0.2) is 4.39 Å². The van der Waals surface area contributed by atoms with Crippen LogP contribution in [0.4, 0.5) is 15.8 Å². The molecule has 126 valence electrons.